The average Bonchev–Trinajstić information content (AvgIpc) is 2.43. The maximum atomic E-state index is 13.0. The number of anilines is 1. The van der Waals surface area contributed by atoms with E-state index >= 15 is 0 Å². The van der Waals surface area contributed by atoms with E-state index in [4.69, 9.17) is 16.3 Å². The van der Waals surface area contributed by atoms with Crippen LogP contribution in [0.1, 0.15) is 19.3 Å². The molecule has 1 saturated heterocycles. The van der Waals surface area contributed by atoms with Gasteiger partial charge < -0.3 is 10.1 Å². The van der Waals surface area contributed by atoms with Gasteiger partial charge in [-0.3, -0.25) is 9.69 Å². The molecule has 116 valence electrons. The number of rotatable bonds is 5. The Morgan fingerprint density at radius 3 is 3.00 bits per heavy atom. The van der Waals surface area contributed by atoms with E-state index in [-0.39, 0.29) is 23.6 Å². The number of benzene rings is 1. The topological polar surface area (TPSA) is 41.6 Å². The van der Waals surface area contributed by atoms with Crippen LogP contribution in [-0.4, -0.2) is 43.7 Å². The Hall–Kier alpha value is -1.17. The summed E-state index contributed by atoms with van der Waals surface area (Å²) in [5.74, 6) is -0.655. The van der Waals surface area contributed by atoms with Crippen LogP contribution in [0.2, 0.25) is 5.02 Å². The van der Waals surface area contributed by atoms with Crippen LogP contribution in [0.15, 0.2) is 18.2 Å². The minimum Gasteiger partial charge on any atom is -0.377 e. The summed E-state index contributed by atoms with van der Waals surface area (Å²) in [7, 11) is 1.88. The van der Waals surface area contributed by atoms with Crippen molar-refractivity contribution in [2.75, 3.05) is 32.1 Å². The Morgan fingerprint density at radius 1 is 1.52 bits per heavy atom. The Labute approximate surface area is 129 Å². The number of hydrogen-bond acceptors (Lipinski definition) is 3. The highest BCUT2D eigenvalue weighted by molar-refractivity contribution is 6.31. The molecular formula is C15H20ClFN2O2. The summed E-state index contributed by atoms with van der Waals surface area (Å²) in [5.41, 5.74) is 0.494. The van der Waals surface area contributed by atoms with E-state index in [2.05, 4.69) is 5.32 Å². The number of carbonyl (C=O) groups is 1. The molecule has 1 aromatic carbocycles. The van der Waals surface area contributed by atoms with Gasteiger partial charge in [-0.1, -0.05) is 11.6 Å². The predicted molar refractivity (Wildman–Crippen MR) is 81.1 cm³/mol. The van der Waals surface area contributed by atoms with Gasteiger partial charge in [0.1, 0.15) is 5.82 Å². The van der Waals surface area contributed by atoms with Gasteiger partial charge in [-0.25, -0.2) is 4.39 Å². The highest BCUT2D eigenvalue weighted by Gasteiger charge is 2.17. The summed E-state index contributed by atoms with van der Waals surface area (Å²) in [4.78, 5) is 13.9. The third-order valence-electron chi connectivity index (χ3n) is 3.41. The van der Waals surface area contributed by atoms with Crippen molar-refractivity contribution < 1.29 is 13.9 Å². The Morgan fingerprint density at radius 2 is 2.33 bits per heavy atom. The molecule has 6 heteroatoms. The van der Waals surface area contributed by atoms with Crippen LogP contribution in [0, 0.1) is 5.82 Å². The van der Waals surface area contributed by atoms with Gasteiger partial charge in [0.2, 0.25) is 5.91 Å². The van der Waals surface area contributed by atoms with Gasteiger partial charge in [0.05, 0.1) is 17.7 Å². The van der Waals surface area contributed by atoms with E-state index in [0.717, 1.165) is 26.0 Å². The second-order valence-electron chi connectivity index (χ2n) is 5.36. The smallest absolute Gasteiger partial charge is 0.238 e. The zero-order valence-corrected chi connectivity index (χ0v) is 12.8. The molecule has 2 rings (SSSR count). The minimum atomic E-state index is -0.499. The van der Waals surface area contributed by atoms with Crippen LogP contribution >= 0.6 is 11.6 Å². The fourth-order valence-corrected chi connectivity index (χ4v) is 2.56. The molecule has 1 N–H and O–H groups in total. The first-order chi connectivity index (χ1) is 10.0. The molecule has 1 aliphatic rings. The molecule has 1 aromatic rings. The SMILES string of the molecule is CN(CC(=O)Nc1ccc(F)c(Cl)c1)CC1CCCCO1. The average molecular weight is 315 g/mol. The lowest BCUT2D eigenvalue weighted by Crippen LogP contribution is -2.37. The quantitative estimate of drug-likeness (QED) is 0.908. The highest BCUT2D eigenvalue weighted by atomic mass is 35.5. The number of nitrogens with one attached hydrogen (secondary N) is 1. The minimum absolute atomic E-state index is 0.00300. The summed E-state index contributed by atoms with van der Waals surface area (Å²) in [6.45, 7) is 1.80. The molecule has 1 aliphatic heterocycles. The molecule has 0 aliphatic carbocycles. The Balaban J connectivity index is 1.78. The van der Waals surface area contributed by atoms with Crippen molar-refractivity contribution in [3.63, 3.8) is 0 Å². The first kappa shape index (κ1) is 16.2. The van der Waals surface area contributed by atoms with Crippen LogP contribution in [-0.2, 0) is 9.53 Å². The number of likely N-dealkylation sites (N-methyl/N-ethyl adjacent to an activating group) is 1. The predicted octanol–water partition coefficient (Wildman–Crippen LogP) is 2.92. The molecule has 4 nitrogen and oxygen atoms in total. The normalized spacial score (nSPS) is 18.8. The summed E-state index contributed by atoms with van der Waals surface area (Å²) in [5, 5.41) is 2.70. The zero-order chi connectivity index (χ0) is 15.2. The molecule has 0 spiro atoms. The van der Waals surface area contributed by atoms with Crippen LogP contribution in [0.5, 0.6) is 0 Å². The first-order valence-electron chi connectivity index (χ1n) is 7.09. The van der Waals surface area contributed by atoms with E-state index in [1.807, 2.05) is 11.9 Å². The Bertz CT molecular complexity index is 493. The number of nitrogens with zero attached hydrogens (tertiary/aromatic N) is 1. The van der Waals surface area contributed by atoms with E-state index in [1.165, 1.54) is 24.6 Å². The molecule has 1 atom stereocenters. The van der Waals surface area contributed by atoms with Crippen molar-refractivity contribution in [1.82, 2.24) is 4.90 Å². The molecular weight excluding hydrogens is 295 g/mol. The van der Waals surface area contributed by atoms with Crippen molar-refractivity contribution in [2.45, 2.75) is 25.4 Å². The van der Waals surface area contributed by atoms with Crippen molar-refractivity contribution in [3.05, 3.63) is 29.0 Å². The summed E-state index contributed by atoms with van der Waals surface area (Å²) in [6, 6.07) is 4.12. The largest absolute Gasteiger partial charge is 0.377 e. The zero-order valence-electron chi connectivity index (χ0n) is 12.1. The van der Waals surface area contributed by atoms with Crippen molar-refractivity contribution in [3.8, 4) is 0 Å². The summed E-state index contributed by atoms with van der Waals surface area (Å²) in [6.07, 6.45) is 3.54. The standard InChI is InChI=1S/C15H20ClFN2O2/c1-19(9-12-4-2-3-7-21-12)10-15(20)18-11-5-6-14(17)13(16)8-11/h5-6,8,12H,2-4,7,9-10H2,1H3,(H,18,20). The van der Waals surface area contributed by atoms with Gasteiger partial charge in [0, 0.05) is 18.8 Å². The highest BCUT2D eigenvalue weighted by Crippen LogP contribution is 2.19. The van der Waals surface area contributed by atoms with Crippen LogP contribution in [0.4, 0.5) is 10.1 Å². The maximum absolute atomic E-state index is 13.0. The molecule has 0 bridgehead atoms. The van der Waals surface area contributed by atoms with Gasteiger partial charge in [0.15, 0.2) is 0 Å². The molecule has 21 heavy (non-hydrogen) atoms. The third kappa shape index (κ3) is 5.26. The monoisotopic (exact) mass is 314 g/mol. The van der Waals surface area contributed by atoms with Crippen molar-refractivity contribution in [2.24, 2.45) is 0 Å². The number of amides is 1. The van der Waals surface area contributed by atoms with Gasteiger partial charge in [0.25, 0.3) is 0 Å². The van der Waals surface area contributed by atoms with E-state index in [0.29, 0.717) is 5.69 Å². The van der Waals surface area contributed by atoms with Gasteiger partial charge in [-0.15, -0.1) is 0 Å². The molecule has 0 aromatic heterocycles. The number of carbonyl (C=O) groups excluding carboxylic acids is 1. The number of ether oxygens (including phenoxy) is 1. The van der Waals surface area contributed by atoms with Crippen molar-refractivity contribution >= 4 is 23.2 Å². The first-order valence-corrected chi connectivity index (χ1v) is 7.47. The van der Waals surface area contributed by atoms with Crippen LogP contribution < -0.4 is 5.32 Å². The lowest BCUT2D eigenvalue weighted by atomic mass is 10.1. The molecule has 1 amide bonds. The van der Waals surface area contributed by atoms with Crippen molar-refractivity contribution in [1.29, 1.82) is 0 Å². The molecule has 0 saturated carbocycles. The lowest BCUT2D eigenvalue weighted by molar-refractivity contribution is -0.117. The van der Waals surface area contributed by atoms with Gasteiger partial charge in [-0.05, 0) is 44.5 Å². The fourth-order valence-electron chi connectivity index (χ4n) is 2.38. The van der Waals surface area contributed by atoms with E-state index in [9.17, 15) is 9.18 Å². The van der Waals surface area contributed by atoms with Crippen LogP contribution in [0.3, 0.4) is 0 Å². The third-order valence-corrected chi connectivity index (χ3v) is 3.70. The number of halogens is 2. The molecule has 1 unspecified atom stereocenters. The Kier molecular flexibility index (Phi) is 5.96. The van der Waals surface area contributed by atoms with E-state index < -0.39 is 5.82 Å². The molecule has 1 fully saturated rings. The lowest BCUT2D eigenvalue weighted by Gasteiger charge is -2.27. The molecule has 0 radical (unpaired) electrons. The number of hydrogen-bond donors (Lipinski definition) is 1. The second kappa shape index (κ2) is 7.73. The van der Waals surface area contributed by atoms with Crippen LogP contribution in [0.25, 0.3) is 0 Å². The second-order valence-corrected chi connectivity index (χ2v) is 5.77. The fraction of sp³-hybridized carbons (Fsp3) is 0.533. The van der Waals surface area contributed by atoms with Gasteiger partial charge in [-0.2, -0.15) is 0 Å². The van der Waals surface area contributed by atoms with E-state index in [1.54, 1.807) is 0 Å². The summed E-state index contributed by atoms with van der Waals surface area (Å²) >= 11 is 5.68. The maximum Gasteiger partial charge on any atom is 0.238 e. The molecule has 1 heterocycles. The summed E-state index contributed by atoms with van der Waals surface area (Å²) < 4.78 is 18.7. The van der Waals surface area contributed by atoms with Gasteiger partial charge >= 0.3 is 0 Å².